The summed E-state index contributed by atoms with van der Waals surface area (Å²) < 4.78 is 0. The first-order valence-corrected chi connectivity index (χ1v) is 4.82. The zero-order valence-electron chi connectivity index (χ0n) is 9.04. The van der Waals surface area contributed by atoms with Gasteiger partial charge in [-0.2, -0.15) is 0 Å². The minimum atomic E-state index is 0.508. The van der Waals surface area contributed by atoms with Crippen molar-refractivity contribution in [3.8, 4) is 0 Å². The van der Waals surface area contributed by atoms with Crippen LogP contribution < -0.4 is 0 Å². The molecule has 0 fully saturated rings. The molecule has 0 atom stereocenters. The summed E-state index contributed by atoms with van der Waals surface area (Å²) in [7, 11) is 0. The van der Waals surface area contributed by atoms with E-state index in [0.717, 1.165) is 11.3 Å². The Morgan fingerprint density at radius 2 is 1.92 bits per heavy atom. The minimum Gasteiger partial charge on any atom is -0.260 e. The molecule has 0 unspecified atom stereocenters. The first-order chi connectivity index (χ1) is 6.24. The topological polar surface area (TPSA) is 12.9 Å². The maximum Gasteiger partial charge on any atom is 0.0429 e. The fraction of sp³-hybridized carbons (Fsp3) is 0.417. The molecule has 72 valence electrons. The molecule has 1 aromatic rings. The first kappa shape index (κ1) is 11.9. The summed E-state index contributed by atoms with van der Waals surface area (Å²) >= 11 is 0. The summed E-state index contributed by atoms with van der Waals surface area (Å²) in [6.07, 6.45) is 3.65. The molecule has 0 aliphatic rings. The normalized spacial score (nSPS) is 9.00. The molecule has 1 rings (SSSR count). The van der Waals surface area contributed by atoms with Crippen molar-refractivity contribution in [3.63, 3.8) is 0 Å². The molecule has 0 spiro atoms. The number of aromatic nitrogens is 1. The molecule has 0 aromatic carbocycles. The van der Waals surface area contributed by atoms with E-state index in [1.54, 1.807) is 6.08 Å². The van der Waals surface area contributed by atoms with Gasteiger partial charge < -0.3 is 0 Å². The van der Waals surface area contributed by atoms with Gasteiger partial charge in [-0.1, -0.05) is 46.4 Å². The maximum atomic E-state index is 4.28. The van der Waals surface area contributed by atoms with E-state index in [-0.39, 0.29) is 0 Å². The molecule has 1 nitrogen and oxygen atoms in total. The van der Waals surface area contributed by atoms with E-state index in [4.69, 9.17) is 0 Å². The Hall–Kier alpha value is -1.11. The molecule has 1 heteroatoms. The predicted molar refractivity (Wildman–Crippen MR) is 59.8 cm³/mol. The third-order valence-electron chi connectivity index (χ3n) is 1.64. The summed E-state index contributed by atoms with van der Waals surface area (Å²) in [5.74, 6) is 0.508. The molecule has 1 heterocycles. The standard InChI is InChI=1S/C10H13N.C2H6/c1-4-9-5-6-10(8(2)3)11-7-9;1-2/h4-8H,1H2,2-3H3;1-2H3. The number of nitrogens with zero attached hydrogens (tertiary/aromatic N) is 1. The first-order valence-electron chi connectivity index (χ1n) is 4.82. The highest BCUT2D eigenvalue weighted by atomic mass is 14.7. The SMILES string of the molecule is C=Cc1ccc(C(C)C)nc1.CC. The third kappa shape index (κ3) is 3.88. The van der Waals surface area contributed by atoms with Gasteiger partial charge in [0.2, 0.25) is 0 Å². The molecule has 0 saturated heterocycles. The summed E-state index contributed by atoms with van der Waals surface area (Å²) in [4.78, 5) is 4.28. The smallest absolute Gasteiger partial charge is 0.0429 e. The fourth-order valence-corrected chi connectivity index (χ4v) is 0.879. The fourth-order valence-electron chi connectivity index (χ4n) is 0.879. The lowest BCUT2D eigenvalue weighted by Crippen LogP contribution is -1.90. The molecule has 13 heavy (non-hydrogen) atoms. The third-order valence-corrected chi connectivity index (χ3v) is 1.64. The van der Waals surface area contributed by atoms with Gasteiger partial charge in [-0.25, -0.2) is 0 Å². The van der Waals surface area contributed by atoms with Gasteiger partial charge in [0.1, 0.15) is 0 Å². The Morgan fingerprint density at radius 1 is 1.31 bits per heavy atom. The largest absolute Gasteiger partial charge is 0.260 e. The lowest BCUT2D eigenvalue weighted by molar-refractivity contribution is 0.822. The van der Waals surface area contributed by atoms with Gasteiger partial charge in [-0.15, -0.1) is 0 Å². The molecule has 0 aliphatic carbocycles. The lowest BCUT2D eigenvalue weighted by Gasteiger charge is -2.02. The van der Waals surface area contributed by atoms with Crippen molar-refractivity contribution >= 4 is 6.08 Å². The Bertz CT molecular complexity index is 234. The molecule has 0 amide bonds. The molecule has 1 aromatic heterocycles. The van der Waals surface area contributed by atoms with Gasteiger partial charge in [0.05, 0.1) is 0 Å². The quantitative estimate of drug-likeness (QED) is 0.668. The second-order valence-corrected chi connectivity index (χ2v) is 2.88. The predicted octanol–water partition coefficient (Wildman–Crippen LogP) is 3.87. The van der Waals surface area contributed by atoms with Crippen molar-refractivity contribution in [3.05, 3.63) is 36.2 Å². The second-order valence-electron chi connectivity index (χ2n) is 2.88. The van der Waals surface area contributed by atoms with E-state index >= 15 is 0 Å². The highest BCUT2D eigenvalue weighted by molar-refractivity contribution is 5.45. The van der Waals surface area contributed by atoms with Crippen LogP contribution in [0.3, 0.4) is 0 Å². The van der Waals surface area contributed by atoms with Crippen LogP contribution in [0.5, 0.6) is 0 Å². The van der Waals surface area contributed by atoms with Crippen LogP contribution in [0.25, 0.3) is 6.08 Å². The molecular weight excluding hydrogens is 158 g/mol. The van der Waals surface area contributed by atoms with E-state index in [1.165, 1.54) is 0 Å². The Morgan fingerprint density at radius 3 is 2.23 bits per heavy atom. The van der Waals surface area contributed by atoms with Crippen LogP contribution in [0.15, 0.2) is 24.9 Å². The number of pyridine rings is 1. The van der Waals surface area contributed by atoms with E-state index < -0.39 is 0 Å². The van der Waals surface area contributed by atoms with Crippen LogP contribution in [0, 0.1) is 0 Å². The Kier molecular flexibility index (Phi) is 5.86. The molecule has 0 saturated carbocycles. The van der Waals surface area contributed by atoms with E-state index in [0.29, 0.717) is 5.92 Å². The maximum absolute atomic E-state index is 4.28. The van der Waals surface area contributed by atoms with E-state index in [1.807, 2.05) is 32.2 Å². The van der Waals surface area contributed by atoms with Crippen LogP contribution in [-0.2, 0) is 0 Å². The van der Waals surface area contributed by atoms with E-state index in [9.17, 15) is 0 Å². The van der Waals surface area contributed by atoms with E-state index in [2.05, 4.69) is 25.4 Å². The molecule has 0 radical (unpaired) electrons. The van der Waals surface area contributed by atoms with Crippen molar-refractivity contribution in [2.45, 2.75) is 33.6 Å². The van der Waals surface area contributed by atoms with Crippen molar-refractivity contribution in [1.29, 1.82) is 0 Å². The Labute approximate surface area is 81.5 Å². The highest BCUT2D eigenvalue weighted by Gasteiger charge is 1.97. The van der Waals surface area contributed by atoms with Crippen LogP contribution in [0.4, 0.5) is 0 Å². The van der Waals surface area contributed by atoms with Crippen LogP contribution in [-0.4, -0.2) is 4.98 Å². The number of hydrogen-bond donors (Lipinski definition) is 0. The van der Waals surface area contributed by atoms with Gasteiger partial charge in [-0.3, -0.25) is 4.98 Å². The van der Waals surface area contributed by atoms with Gasteiger partial charge >= 0.3 is 0 Å². The van der Waals surface area contributed by atoms with Crippen molar-refractivity contribution < 1.29 is 0 Å². The molecule has 0 aliphatic heterocycles. The number of rotatable bonds is 2. The highest BCUT2D eigenvalue weighted by Crippen LogP contribution is 2.11. The van der Waals surface area contributed by atoms with Gasteiger partial charge in [0, 0.05) is 11.9 Å². The monoisotopic (exact) mass is 177 g/mol. The average molecular weight is 177 g/mol. The molecule has 0 bridgehead atoms. The van der Waals surface area contributed by atoms with Crippen LogP contribution in [0.2, 0.25) is 0 Å². The summed E-state index contributed by atoms with van der Waals surface area (Å²) in [5, 5.41) is 0. The second kappa shape index (κ2) is 6.41. The van der Waals surface area contributed by atoms with Crippen molar-refractivity contribution in [2.75, 3.05) is 0 Å². The van der Waals surface area contributed by atoms with Crippen LogP contribution in [0.1, 0.15) is 44.9 Å². The zero-order chi connectivity index (χ0) is 10.3. The zero-order valence-corrected chi connectivity index (χ0v) is 9.04. The molecular formula is C12H19N. The summed E-state index contributed by atoms with van der Waals surface area (Å²) in [6, 6.07) is 4.08. The summed E-state index contributed by atoms with van der Waals surface area (Å²) in [6.45, 7) is 11.9. The number of hydrogen-bond acceptors (Lipinski definition) is 1. The van der Waals surface area contributed by atoms with Gasteiger partial charge in [0.25, 0.3) is 0 Å². The Balaban J connectivity index is 0.000000671. The van der Waals surface area contributed by atoms with Gasteiger partial charge in [-0.05, 0) is 17.5 Å². The van der Waals surface area contributed by atoms with Crippen molar-refractivity contribution in [1.82, 2.24) is 4.98 Å². The molecule has 0 N–H and O–H groups in total. The lowest BCUT2D eigenvalue weighted by atomic mass is 10.1. The average Bonchev–Trinajstić information content (AvgIpc) is 2.21. The van der Waals surface area contributed by atoms with Crippen molar-refractivity contribution in [2.24, 2.45) is 0 Å². The van der Waals surface area contributed by atoms with Crippen LogP contribution >= 0.6 is 0 Å². The minimum absolute atomic E-state index is 0.508. The summed E-state index contributed by atoms with van der Waals surface area (Å²) in [5.41, 5.74) is 2.21. The van der Waals surface area contributed by atoms with Gasteiger partial charge in [0.15, 0.2) is 0 Å².